The molecule has 0 saturated heterocycles. The van der Waals surface area contributed by atoms with Gasteiger partial charge in [0.25, 0.3) is 0 Å². The van der Waals surface area contributed by atoms with Crippen LogP contribution in [0.3, 0.4) is 0 Å². The highest BCUT2D eigenvalue weighted by Gasteiger charge is 2.22. The van der Waals surface area contributed by atoms with Crippen LogP contribution in [0.25, 0.3) is 22.1 Å². The summed E-state index contributed by atoms with van der Waals surface area (Å²) in [4.78, 5) is 12.7. The summed E-state index contributed by atoms with van der Waals surface area (Å²) in [6.07, 6.45) is 1.59. The van der Waals surface area contributed by atoms with Crippen molar-refractivity contribution in [3.63, 3.8) is 0 Å². The minimum atomic E-state index is -0.0200. The third-order valence-electron chi connectivity index (χ3n) is 3.86. The van der Waals surface area contributed by atoms with Gasteiger partial charge in [-0.3, -0.25) is 4.79 Å². The van der Waals surface area contributed by atoms with Gasteiger partial charge in [0.1, 0.15) is 17.1 Å². The Kier molecular flexibility index (Phi) is 2.24. The van der Waals surface area contributed by atoms with Crippen molar-refractivity contribution >= 4 is 11.0 Å². The van der Waals surface area contributed by atoms with Gasteiger partial charge >= 0.3 is 0 Å². The van der Waals surface area contributed by atoms with Crippen molar-refractivity contribution in [3.8, 4) is 16.9 Å². The van der Waals surface area contributed by atoms with E-state index in [0.29, 0.717) is 28.7 Å². The van der Waals surface area contributed by atoms with E-state index in [0.717, 1.165) is 12.0 Å². The van der Waals surface area contributed by atoms with Crippen LogP contribution < -0.4 is 5.43 Å². The fourth-order valence-corrected chi connectivity index (χ4v) is 2.91. The number of benzene rings is 2. The SMILES string of the molecule is O=c1c2c(oc3cc(O)ccc13)CCc1ccccc1-2. The summed E-state index contributed by atoms with van der Waals surface area (Å²) in [7, 11) is 0. The monoisotopic (exact) mass is 264 g/mol. The van der Waals surface area contributed by atoms with Crippen molar-refractivity contribution in [2.24, 2.45) is 0 Å². The van der Waals surface area contributed by atoms with Crippen molar-refractivity contribution in [2.75, 3.05) is 0 Å². The zero-order valence-electron chi connectivity index (χ0n) is 10.7. The van der Waals surface area contributed by atoms with Gasteiger partial charge in [0.15, 0.2) is 0 Å². The van der Waals surface area contributed by atoms with Gasteiger partial charge in [-0.15, -0.1) is 0 Å². The van der Waals surface area contributed by atoms with Gasteiger partial charge in [-0.2, -0.15) is 0 Å². The van der Waals surface area contributed by atoms with Gasteiger partial charge in [0, 0.05) is 12.5 Å². The highest BCUT2D eigenvalue weighted by molar-refractivity contribution is 5.85. The summed E-state index contributed by atoms with van der Waals surface area (Å²) in [5.74, 6) is 0.823. The van der Waals surface area contributed by atoms with Crippen molar-refractivity contribution in [2.45, 2.75) is 12.8 Å². The molecule has 1 aliphatic rings. The maximum Gasteiger partial charge on any atom is 0.200 e. The normalized spacial score (nSPS) is 13.0. The maximum atomic E-state index is 12.7. The summed E-state index contributed by atoms with van der Waals surface area (Å²) < 4.78 is 5.84. The fraction of sp³-hybridized carbons (Fsp3) is 0.118. The molecule has 0 atom stereocenters. The lowest BCUT2D eigenvalue weighted by molar-refractivity contribution is 0.472. The first-order valence-corrected chi connectivity index (χ1v) is 6.61. The molecule has 2 aromatic carbocycles. The Morgan fingerprint density at radius 1 is 1.05 bits per heavy atom. The zero-order valence-corrected chi connectivity index (χ0v) is 10.7. The molecule has 0 bridgehead atoms. The number of aromatic hydroxyl groups is 1. The highest BCUT2D eigenvalue weighted by Crippen LogP contribution is 2.33. The molecule has 3 nitrogen and oxygen atoms in total. The van der Waals surface area contributed by atoms with E-state index in [9.17, 15) is 9.90 Å². The fourth-order valence-electron chi connectivity index (χ4n) is 2.91. The third-order valence-corrected chi connectivity index (χ3v) is 3.86. The topological polar surface area (TPSA) is 50.4 Å². The molecule has 0 unspecified atom stereocenters. The molecule has 98 valence electrons. The summed E-state index contributed by atoms with van der Waals surface area (Å²) >= 11 is 0. The molecule has 1 aromatic heterocycles. The molecule has 1 heterocycles. The van der Waals surface area contributed by atoms with E-state index >= 15 is 0 Å². The predicted octanol–water partition coefficient (Wildman–Crippen LogP) is 3.26. The summed E-state index contributed by atoms with van der Waals surface area (Å²) in [6.45, 7) is 0. The lowest BCUT2D eigenvalue weighted by atomic mass is 9.88. The first-order chi connectivity index (χ1) is 9.74. The Morgan fingerprint density at radius 2 is 1.90 bits per heavy atom. The minimum Gasteiger partial charge on any atom is -0.508 e. The van der Waals surface area contributed by atoms with E-state index in [1.54, 1.807) is 6.07 Å². The molecule has 20 heavy (non-hydrogen) atoms. The largest absolute Gasteiger partial charge is 0.508 e. The second-order valence-electron chi connectivity index (χ2n) is 5.07. The summed E-state index contributed by atoms with van der Waals surface area (Å²) in [6, 6.07) is 12.6. The molecule has 3 aromatic rings. The molecule has 1 N–H and O–H groups in total. The van der Waals surface area contributed by atoms with Gasteiger partial charge in [-0.05, 0) is 29.7 Å². The van der Waals surface area contributed by atoms with Crippen LogP contribution in [0, 0.1) is 0 Å². The minimum absolute atomic E-state index is 0.0200. The van der Waals surface area contributed by atoms with E-state index in [1.165, 1.54) is 17.7 Å². The number of hydrogen-bond acceptors (Lipinski definition) is 3. The van der Waals surface area contributed by atoms with Gasteiger partial charge in [-0.1, -0.05) is 24.3 Å². The summed E-state index contributed by atoms with van der Waals surface area (Å²) in [5.41, 5.74) is 3.26. The standard InChI is InChI=1S/C17H12O3/c18-11-6-7-13-15(9-11)20-14-8-5-10-3-1-2-4-12(10)16(14)17(13)19/h1-4,6-7,9,18H,5,8H2. The van der Waals surface area contributed by atoms with Crippen LogP contribution >= 0.6 is 0 Å². The summed E-state index contributed by atoms with van der Waals surface area (Å²) in [5, 5.41) is 10.0. The average Bonchev–Trinajstić information content (AvgIpc) is 2.46. The van der Waals surface area contributed by atoms with Crippen molar-refractivity contribution in [3.05, 3.63) is 64.0 Å². The molecule has 0 spiro atoms. The van der Waals surface area contributed by atoms with Crippen LogP contribution in [0.5, 0.6) is 5.75 Å². The molecular formula is C17H12O3. The second-order valence-corrected chi connectivity index (χ2v) is 5.07. The van der Waals surface area contributed by atoms with Crippen LogP contribution in [0.15, 0.2) is 51.7 Å². The van der Waals surface area contributed by atoms with Crippen molar-refractivity contribution < 1.29 is 9.52 Å². The van der Waals surface area contributed by atoms with Crippen LogP contribution in [0.4, 0.5) is 0 Å². The van der Waals surface area contributed by atoms with E-state index in [1.807, 2.05) is 18.2 Å². The number of phenolic OH excluding ortho intramolecular Hbond substituents is 1. The van der Waals surface area contributed by atoms with Crippen molar-refractivity contribution in [1.29, 1.82) is 0 Å². The Balaban J connectivity index is 2.13. The molecule has 0 radical (unpaired) electrons. The molecule has 1 aliphatic carbocycles. The van der Waals surface area contributed by atoms with Crippen LogP contribution in [0.1, 0.15) is 11.3 Å². The smallest absolute Gasteiger partial charge is 0.200 e. The Hall–Kier alpha value is -2.55. The quantitative estimate of drug-likeness (QED) is 0.678. The number of phenols is 1. The Labute approximate surface area is 115 Å². The molecular weight excluding hydrogens is 252 g/mol. The van der Waals surface area contributed by atoms with Crippen LogP contribution in [-0.2, 0) is 12.8 Å². The number of rotatable bonds is 0. The lowest BCUT2D eigenvalue weighted by Gasteiger charge is -2.18. The molecule has 0 aliphatic heterocycles. The molecule has 0 fully saturated rings. The number of hydrogen-bond donors (Lipinski definition) is 1. The Bertz CT molecular complexity index is 890. The average molecular weight is 264 g/mol. The van der Waals surface area contributed by atoms with E-state index in [-0.39, 0.29) is 11.2 Å². The van der Waals surface area contributed by atoms with Gasteiger partial charge in [-0.25, -0.2) is 0 Å². The van der Waals surface area contributed by atoms with E-state index < -0.39 is 0 Å². The maximum absolute atomic E-state index is 12.7. The third kappa shape index (κ3) is 1.50. The van der Waals surface area contributed by atoms with Crippen molar-refractivity contribution in [1.82, 2.24) is 0 Å². The Morgan fingerprint density at radius 3 is 2.80 bits per heavy atom. The molecule has 4 rings (SSSR count). The van der Waals surface area contributed by atoms with Crippen LogP contribution in [-0.4, -0.2) is 5.11 Å². The molecule has 0 saturated carbocycles. The number of fused-ring (bicyclic) bond motifs is 4. The second kappa shape index (κ2) is 3.97. The highest BCUT2D eigenvalue weighted by atomic mass is 16.3. The number of aryl methyl sites for hydroxylation is 2. The lowest BCUT2D eigenvalue weighted by Crippen LogP contribution is -2.14. The van der Waals surface area contributed by atoms with Gasteiger partial charge < -0.3 is 9.52 Å². The predicted molar refractivity (Wildman–Crippen MR) is 77.0 cm³/mol. The molecule has 3 heteroatoms. The first-order valence-electron chi connectivity index (χ1n) is 6.61. The van der Waals surface area contributed by atoms with Crippen LogP contribution in [0.2, 0.25) is 0 Å². The first kappa shape index (κ1) is 11.3. The van der Waals surface area contributed by atoms with E-state index in [4.69, 9.17) is 4.42 Å². The van der Waals surface area contributed by atoms with Gasteiger partial charge in [0.05, 0.1) is 10.9 Å². The van der Waals surface area contributed by atoms with Gasteiger partial charge in [0.2, 0.25) is 5.43 Å². The molecule has 0 amide bonds. The zero-order chi connectivity index (χ0) is 13.7. The van der Waals surface area contributed by atoms with E-state index in [2.05, 4.69) is 6.07 Å².